The van der Waals surface area contributed by atoms with Gasteiger partial charge in [-0.2, -0.15) is 0 Å². The van der Waals surface area contributed by atoms with Gasteiger partial charge in [0.25, 0.3) is 0 Å². The Hall–Kier alpha value is -2.79. The summed E-state index contributed by atoms with van der Waals surface area (Å²) in [5.74, 6) is -0.977. The van der Waals surface area contributed by atoms with Crippen LogP contribution in [0.3, 0.4) is 0 Å². The first-order chi connectivity index (χ1) is 17.6. The molecule has 0 amide bonds. The highest BCUT2D eigenvalue weighted by Gasteiger charge is 2.76. The highest BCUT2D eigenvalue weighted by Crippen LogP contribution is 2.67. The van der Waals surface area contributed by atoms with Gasteiger partial charge in [-0.1, -0.05) is 67.5 Å². The number of carbonyl (C=O) groups is 3. The number of aliphatic hydroxyl groups is 1. The van der Waals surface area contributed by atoms with Gasteiger partial charge in [0.1, 0.15) is 11.9 Å². The summed E-state index contributed by atoms with van der Waals surface area (Å²) >= 11 is 0. The van der Waals surface area contributed by atoms with E-state index in [4.69, 9.17) is 4.74 Å². The molecule has 4 atom stereocenters. The Morgan fingerprint density at radius 3 is 2.21 bits per heavy atom. The Kier molecular flexibility index (Phi) is 7.01. The van der Waals surface area contributed by atoms with Crippen LogP contribution in [0, 0.1) is 22.2 Å². The van der Waals surface area contributed by atoms with Gasteiger partial charge in [0.05, 0.1) is 11.0 Å². The molecule has 0 aromatic heterocycles. The molecular weight excluding hydrogens is 476 g/mol. The minimum Gasteiger partial charge on any atom is -0.490 e. The number of ketones is 3. The lowest BCUT2D eigenvalue weighted by Crippen LogP contribution is -2.69. The molecule has 3 aliphatic rings. The smallest absolute Gasteiger partial charge is 0.184 e. The standard InChI is InChI=1S/C33H42O5/c1-20(2)14-15-23-19-32(17-16-21(3)4)28-24(18-25(38-28)31(7,8)37)27(35)33(29(32)36,30(23,5)6)26(34)22-12-10-9-11-13-22/h9-14,16,23,25,37H,15,17-19H2,1-8H3/t23?,25?,32-,33+/m1/s1. The molecule has 1 fully saturated rings. The zero-order chi connectivity index (χ0) is 28.3. The van der Waals surface area contributed by atoms with Crippen LogP contribution in [0.1, 0.15) is 91.4 Å². The maximum absolute atomic E-state index is 15.0. The van der Waals surface area contributed by atoms with E-state index in [9.17, 15) is 14.7 Å². The highest BCUT2D eigenvalue weighted by molar-refractivity contribution is 6.36. The number of carbonyl (C=O) groups excluding carboxylic acids is 3. The second kappa shape index (κ2) is 9.44. The minimum atomic E-state index is -1.88. The van der Waals surface area contributed by atoms with Gasteiger partial charge in [0, 0.05) is 17.6 Å². The Labute approximate surface area is 227 Å². The average Bonchev–Trinajstić information content (AvgIpc) is 3.30. The molecule has 0 radical (unpaired) electrons. The van der Waals surface area contributed by atoms with Gasteiger partial charge in [0.2, 0.25) is 0 Å². The second-order valence-electron chi connectivity index (χ2n) is 13.1. The van der Waals surface area contributed by atoms with Crippen LogP contribution in [0.15, 0.2) is 65.0 Å². The molecule has 1 heterocycles. The maximum atomic E-state index is 15.0. The Bertz CT molecular complexity index is 1250. The zero-order valence-corrected chi connectivity index (χ0v) is 24.1. The molecule has 1 saturated carbocycles. The van der Waals surface area contributed by atoms with Gasteiger partial charge in [0.15, 0.2) is 22.8 Å². The Morgan fingerprint density at radius 1 is 1.05 bits per heavy atom. The Morgan fingerprint density at radius 2 is 1.66 bits per heavy atom. The van der Waals surface area contributed by atoms with Gasteiger partial charge >= 0.3 is 0 Å². The summed E-state index contributed by atoms with van der Waals surface area (Å²) < 4.78 is 6.40. The number of hydrogen-bond donors (Lipinski definition) is 1. The summed E-state index contributed by atoms with van der Waals surface area (Å²) in [6, 6.07) is 8.74. The first kappa shape index (κ1) is 28.2. The fourth-order valence-corrected chi connectivity index (χ4v) is 6.78. The molecule has 0 saturated heterocycles. The van der Waals surface area contributed by atoms with Crippen molar-refractivity contribution in [3.8, 4) is 0 Å². The predicted octanol–water partition coefficient (Wildman–Crippen LogP) is 6.57. The van der Waals surface area contributed by atoms with Gasteiger partial charge in [-0.15, -0.1) is 0 Å². The number of Topliss-reactive ketones (excluding diaryl/α,β-unsaturated/α-hetero) is 3. The van der Waals surface area contributed by atoms with Crippen molar-refractivity contribution in [1.29, 1.82) is 0 Å². The summed E-state index contributed by atoms with van der Waals surface area (Å²) in [6.45, 7) is 15.2. The molecule has 2 unspecified atom stereocenters. The molecule has 1 aromatic carbocycles. The van der Waals surface area contributed by atoms with E-state index in [0.717, 1.165) is 11.1 Å². The SMILES string of the molecule is CC(C)=CCC1C[C@@]2(CC=C(C)C)C(=O)[C@](C(=O)c3ccccc3)(C(=O)C3=C2OC(C(C)(C)O)C3)C1(C)C. The lowest BCUT2D eigenvalue weighted by molar-refractivity contribution is -0.166. The van der Waals surface area contributed by atoms with Crippen LogP contribution in [0.2, 0.25) is 0 Å². The van der Waals surface area contributed by atoms with E-state index in [2.05, 4.69) is 6.08 Å². The third kappa shape index (κ3) is 4.05. The molecule has 5 heteroatoms. The van der Waals surface area contributed by atoms with Crippen molar-refractivity contribution >= 4 is 17.3 Å². The monoisotopic (exact) mass is 518 g/mol. The van der Waals surface area contributed by atoms with Crippen LogP contribution in [-0.4, -0.2) is 34.2 Å². The lowest BCUT2D eigenvalue weighted by atomic mass is 9.39. The van der Waals surface area contributed by atoms with E-state index in [1.165, 1.54) is 0 Å². The molecule has 204 valence electrons. The number of rotatable bonds is 7. The highest BCUT2D eigenvalue weighted by atomic mass is 16.5. The summed E-state index contributed by atoms with van der Waals surface area (Å²) in [5.41, 5.74) is -2.23. The van der Waals surface area contributed by atoms with Crippen LogP contribution < -0.4 is 0 Å². The fourth-order valence-electron chi connectivity index (χ4n) is 6.78. The third-order valence-electron chi connectivity index (χ3n) is 9.16. The molecule has 1 N–H and O–H groups in total. The van der Waals surface area contributed by atoms with Crippen molar-refractivity contribution in [3.63, 3.8) is 0 Å². The quantitative estimate of drug-likeness (QED) is 0.251. The molecule has 4 rings (SSSR count). The van der Waals surface area contributed by atoms with Crippen LogP contribution in [-0.2, 0) is 14.3 Å². The number of ether oxygens (including phenoxy) is 1. The topological polar surface area (TPSA) is 80.7 Å². The predicted molar refractivity (Wildman–Crippen MR) is 148 cm³/mol. The number of allylic oxidation sites excluding steroid dienone is 5. The average molecular weight is 519 g/mol. The van der Waals surface area contributed by atoms with Crippen LogP contribution in [0.25, 0.3) is 0 Å². The normalized spacial score (nSPS) is 29.9. The molecule has 2 bridgehead atoms. The van der Waals surface area contributed by atoms with Crippen LogP contribution in [0.4, 0.5) is 0 Å². The zero-order valence-electron chi connectivity index (χ0n) is 24.1. The van der Waals surface area contributed by atoms with Crippen LogP contribution >= 0.6 is 0 Å². The van der Waals surface area contributed by atoms with Gasteiger partial charge in [-0.05, 0) is 72.1 Å². The summed E-state index contributed by atoms with van der Waals surface area (Å²) in [5, 5.41) is 10.9. The fraction of sp³-hybridized carbons (Fsp3) is 0.545. The summed E-state index contributed by atoms with van der Waals surface area (Å²) in [4.78, 5) is 44.4. The number of fused-ring (bicyclic) bond motifs is 3. The molecule has 1 aliphatic heterocycles. The molecule has 0 spiro atoms. The van der Waals surface area contributed by atoms with E-state index in [-0.39, 0.29) is 18.1 Å². The summed E-state index contributed by atoms with van der Waals surface area (Å²) in [6.07, 6.45) is 5.14. The minimum absolute atomic E-state index is 0.129. The van der Waals surface area contributed by atoms with Crippen molar-refractivity contribution in [2.24, 2.45) is 22.2 Å². The molecule has 5 nitrogen and oxygen atoms in total. The largest absolute Gasteiger partial charge is 0.490 e. The molecule has 2 aliphatic carbocycles. The molecule has 1 aromatic rings. The van der Waals surface area contributed by atoms with Crippen molar-refractivity contribution < 1.29 is 24.2 Å². The molecular formula is C33H42O5. The van der Waals surface area contributed by atoms with E-state index < -0.39 is 39.5 Å². The number of hydrogen-bond acceptors (Lipinski definition) is 5. The lowest BCUT2D eigenvalue weighted by Gasteiger charge is -2.59. The summed E-state index contributed by atoms with van der Waals surface area (Å²) in [7, 11) is 0. The van der Waals surface area contributed by atoms with Crippen molar-refractivity contribution in [2.45, 2.75) is 92.8 Å². The second-order valence-corrected chi connectivity index (χ2v) is 13.1. The first-order valence-corrected chi connectivity index (χ1v) is 13.7. The van der Waals surface area contributed by atoms with E-state index in [1.54, 1.807) is 38.1 Å². The van der Waals surface area contributed by atoms with Crippen LogP contribution in [0.5, 0.6) is 0 Å². The van der Waals surface area contributed by atoms with Gasteiger partial charge < -0.3 is 9.84 Å². The van der Waals surface area contributed by atoms with E-state index in [0.29, 0.717) is 36.2 Å². The van der Waals surface area contributed by atoms with Crippen molar-refractivity contribution in [3.05, 3.63) is 70.5 Å². The van der Waals surface area contributed by atoms with Gasteiger partial charge in [-0.3, -0.25) is 14.4 Å². The van der Waals surface area contributed by atoms with E-state index >= 15 is 4.79 Å². The number of benzene rings is 1. The first-order valence-electron chi connectivity index (χ1n) is 13.7. The van der Waals surface area contributed by atoms with Gasteiger partial charge in [-0.25, -0.2) is 0 Å². The maximum Gasteiger partial charge on any atom is 0.184 e. The Balaban J connectivity index is 2.06. The van der Waals surface area contributed by atoms with Crippen molar-refractivity contribution in [1.82, 2.24) is 0 Å². The molecule has 38 heavy (non-hydrogen) atoms. The van der Waals surface area contributed by atoms with Crippen molar-refractivity contribution in [2.75, 3.05) is 0 Å². The third-order valence-corrected chi connectivity index (χ3v) is 9.16. The van der Waals surface area contributed by atoms with E-state index in [1.807, 2.05) is 53.7 Å².